The summed E-state index contributed by atoms with van der Waals surface area (Å²) in [6.07, 6.45) is 0. The van der Waals surface area contributed by atoms with Crippen LogP contribution in [0, 0.1) is 28.4 Å². The van der Waals surface area contributed by atoms with Crippen molar-refractivity contribution in [3.8, 4) is 17.7 Å². The van der Waals surface area contributed by atoms with Gasteiger partial charge in [-0.25, -0.2) is 0 Å². The van der Waals surface area contributed by atoms with Crippen LogP contribution in [0.1, 0.15) is 11.3 Å². The smallest absolute Gasteiger partial charge is 0.272 e. The lowest BCUT2D eigenvalue weighted by Gasteiger charge is -2.04. The molecule has 19 heavy (non-hydrogen) atoms. The van der Waals surface area contributed by atoms with Crippen molar-refractivity contribution in [2.24, 2.45) is 0 Å². The third-order valence-electron chi connectivity index (χ3n) is 2.34. The van der Waals surface area contributed by atoms with Gasteiger partial charge in [0, 0.05) is 17.7 Å². The molecule has 0 fully saturated rings. The van der Waals surface area contributed by atoms with Gasteiger partial charge in [-0.3, -0.25) is 10.1 Å². The summed E-state index contributed by atoms with van der Waals surface area (Å²) < 4.78 is 5.39. The molecule has 0 saturated heterocycles. The van der Waals surface area contributed by atoms with E-state index >= 15 is 0 Å². The van der Waals surface area contributed by atoms with Crippen molar-refractivity contribution in [2.75, 3.05) is 0 Å². The molecule has 94 valence electrons. The molecule has 0 atom stereocenters. The van der Waals surface area contributed by atoms with Gasteiger partial charge in [-0.15, -0.1) is 10.2 Å². The van der Waals surface area contributed by atoms with E-state index in [0.717, 1.165) is 0 Å². The largest absolute Gasteiger partial charge is 0.438 e. The van der Waals surface area contributed by atoms with E-state index in [2.05, 4.69) is 10.2 Å². The number of hydrogen-bond donors (Lipinski definition) is 0. The maximum Gasteiger partial charge on any atom is 0.272 e. The van der Waals surface area contributed by atoms with E-state index in [0.29, 0.717) is 11.3 Å². The van der Waals surface area contributed by atoms with Crippen molar-refractivity contribution in [1.29, 1.82) is 5.26 Å². The van der Waals surface area contributed by atoms with Gasteiger partial charge >= 0.3 is 0 Å². The summed E-state index contributed by atoms with van der Waals surface area (Å²) in [6.45, 7) is 1.62. The quantitative estimate of drug-likeness (QED) is 0.617. The molecule has 7 nitrogen and oxygen atoms in total. The number of nitro groups is 1. The van der Waals surface area contributed by atoms with Crippen LogP contribution >= 0.6 is 0 Å². The van der Waals surface area contributed by atoms with E-state index in [9.17, 15) is 10.1 Å². The van der Waals surface area contributed by atoms with Crippen LogP contribution in [0.5, 0.6) is 11.6 Å². The minimum absolute atomic E-state index is 0.0262. The molecule has 1 heterocycles. The lowest BCUT2D eigenvalue weighted by Crippen LogP contribution is -1.94. The number of aryl methyl sites for hydroxylation is 1. The first-order valence-electron chi connectivity index (χ1n) is 5.27. The molecule has 2 rings (SSSR count). The predicted octanol–water partition coefficient (Wildman–Crippen LogP) is 2.36. The lowest BCUT2D eigenvalue weighted by molar-refractivity contribution is -0.385. The molecule has 1 aromatic heterocycles. The van der Waals surface area contributed by atoms with Crippen LogP contribution < -0.4 is 4.74 Å². The fourth-order valence-electron chi connectivity index (χ4n) is 1.45. The number of nitriles is 1. The summed E-state index contributed by atoms with van der Waals surface area (Å²) in [5, 5.41) is 26.6. The van der Waals surface area contributed by atoms with Crippen LogP contribution in [0.2, 0.25) is 0 Å². The van der Waals surface area contributed by atoms with Gasteiger partial charge in [0.1, 0.15) is 11.8 Å². The molecule has 0 spiro atoms. The molecule has 0 amide bonds. The number of hydrogen-bond acceptors (Lipinski definition) is 6. The van der Waals surface area contributed by atoms with Gasteiger partial charge in [0.25, 0.3) is 5.69 Å². The first-order valence-corrected chi connectivity index (χ1v) is 5.27. The van der Waals surface area contributed by atoms with E-state index in [-0.39, 0.29) is 17.3 Å². The standard InChI is InChI=1S/C12H8N4O3/c1-8-6-10(3-4-11(8)16(17)18)19-12-5-2-9(7-13)14-15-12/h2-6H,1H3. The van der Waals surface area contributed by atoms with Crippen LogP contribution in [0.25, 0.3) is 0 Å². The molecular formula is C12H8N4O3. The average molecular weight is 256 g/mol. The highest BCUT2D eigenvalue weighted by Crippen LogP contribution is 2.25. The molecule has 1 aromatic carbocycles. The van der Waals surface area contributed by atoms with Gasteiger partial charge in [-0.1, -0.05) is 0 Å². The molecule has 2 aromatic rings. The second-order valence-electron chi connectivity index (χ2n) is 3.68. The summed E-state index contributed by atoms with van der Waals surface area (Å²) in [6, 6.07) is 9.20. The molecule has 0 aliphatic rings. The Bertz CT molecular complexity index is 662. The van der Waals surface area contributed by atoms with Crippen molar-refractivity contribution >= 4 is 5.69 Å². The van der Waals surface area contributed by atoms with Gasteiger partial charge in [0.15, 0.2) is 5.69 Å². The van der Waals surface area contributed by atoms with Crippen molar-refractivity contribution in [1.82, 2.24) is 10.2 Å². The van der Waals surface area contributed by atoms with Crippen LogP contribution in [-0.4, -0.2) is 15.1 Å². The molecule has 0 radical (unpaired) electrons. The van der Waals surface area contributed by atoms with Gasteiger partial charge in [0.2, 0.25) is 5.88 Å². The van der Waals surface area contributed by atoms with Crippen molar-refractivity contribution < 1.29 is 9.66 Å². The maximum absolute atomic E-state index is 10.7. The van der Waals surface area contributed by atoms with E-state index < -0.39 is 4.92 Å². The summed E-state index contributed by atoms with van der Waals surface area (Å²) >= 11 is 0. The molecule has 0 aliphatic carbocycles. The summed E-state index contributed by atoms with van der Waals surface area (Å²) in [5.41, 5.74) is 0.703. The minimum Gasteiger partial charge on any atom is -0.438 e. The number of nitrogens with zero attached hydrogens (tertiary/aromatic N) is 4. The first kappa shape index (κ1) is 12.4. The van der Waals surface area contributed by atoms with Crippen LogP contribution in [-0.2, 0) is 0 Å². The van der Waals surface area contributed by atoms with Gasteiger partial charge in [-0.05, 0) is 25.1 Å². The zero-order valence-electron chi connectivity index (χ0n) is 9.90. The molecular weight excluding hydrogens is 248 g/mol. The Hall–Kier alpha value is -3.01. The number of aromatic nitrogens is 2. The van der Waals surface area contributed by atoms with E-state index in [1.54, 1.807) is 6.92 Å². The maximum atomic E-state index is 10.7. The highest BCUT2D eigenvalue weighted by molar-refractivity contribution is 5.45. The Balaban J connectivity index is 2.21. The molecule has 0 unspecified atom stereocenters. The number of benzene rings is 1. The normalized spacial score (nSPS) is 9.68. The minimum atomic E-state index is -0.458. The summed E-state index contributed by atoms with van der Waals surface area (Å²) in [5.74, 6) is 0.634. The van der Waals surface area contributed by atoms with E-state index in [1.807, 2.05) is 6.07 Å². The predicted molar refractivity (Wildman–Crippen MR) is 64.7 cm³/mol. The number of rotatable bonds is 3. The molecule has 0 aliphatic heterocycles. The number of ether oxygens (including phenoxy) is 1. The zero-order valence-corrected chi connectivity index (χ0v) is 9.90. The Labute approximate surface area is 108 Å². The second kappa shape index (κ2) is 5.10. The van der Waals surface area contributed by atoms with Crippen LogP contribution in [0.4, 0.5) is 5.69 Å². The molecule has 0 saturated carbocycles. The van der Waals surface area contributed by atoms with Crippen molar-refractivity contribution in [3.05, 3.63) is 51.7 Å². The Morgan fingerprint density at radius 3 is 2.63 bits per heavy atom. The summed E-state index contributed by atoms with van der Waals surface area (Å²) in [4.78, 5) is 10.2. The summed E-state index contributed by atoms with van der Waals surface area (Å²) in [7, 11) is 0. The topological polar surface area (TPSA) is 102 Å². The van der Waals surface area contributed by atoms with Crippen LogP contribution in [0.3, 0.4) is 0 Å². The Morgan fingerprint density at radius 2 is 2.11 bits per heavy atom. The Morgan fingerprint density at radius 1 is 1.32 bits per heavy atom. The fourth-order valence-corrected chi connectivity index (χ4v) is 1.45. The average Bonchev–Trinajstić information content (AvgIpc) is 2.39. The van der Waals surface area contributed by atoms with Crippen LogP contribution in [0.15, 0.2) is 30.3 Å². The Kier molecular flexibility index (Phi) is 3.34. The molecule has 0 N–H and O–H groups in total. The van der Waals surface area contributed by atoms with Gasteiger partial charge in [0.05, 0.1) is 4.92 Å². The molecule has 7 heteroatoms. The van der Waals surface area contributed by atoms with Gasteiger partial charge < -0.3 is 4.74 Å². The number of nitro benzene ring substituents is 1. The SMILES string of the molecule is Cc1cc(Oc2ccc(C#N)nn2)ccc1[N+](=O)[O-]. The third kappa shape index (κ3) is 2.81. The highest BCUT2D eigenvalue weighted by atomic mass is 16.6. The van der Waals surface area contributed by atoms with E-state index in [4.69, 9.17) is 10.00 Å². The van der Waals surface area contributed by atoms with Crippen molar-refractivity contribution in [3.63, 3.8) is 0 Å². The monoisotopic (exact) mass is 256 g/mol. The van der Waals surface area contributed by atoms with Crippen molar-refractivity contribution in [2.45, 2.75) is 6.92 Å². The molecule has 0 bridgehead atoms. The van der Waals surface area contributed by atoms with E-state index in [1.165, 1.54) is 30.3 Å². The highest BCUT2D eigenvalue weighted by Gasteiger charge is 2.11. The second-order valence-corrected chi connectivity index (χ2v) is 3.68. The van der Waals surface area contributed by atoms with Gasteiger partial charge in [-0.2, -0.15) is 5.26 Å². The third-order valence-corrected chi connectivity index (χ3v) is 2.34. The lowest BCUT2D eigenvalue weighted by atomic mass is 10.2. The first-order chi connectivity index (χ1) is 9.10. The zero-order chi connectivity index (χ0) is 13.8. The fraction of sp³-hybridized carbons (Fsp3) is 0.0833.